The maximum Gasteiger partial charge on any atom is 0.373 e. The highest BCUT2D eigenvalue weighted by Crippen LogP contribution is 2.27. The molecule has 0 unspecified atom stereocenters. The van der Waals surface area contributed by atoms with Crippen LogP contribution in [0.15, 0.2) is 30.3 Å². The second kappa shape index (κ2) is 6.08. The standard InChI is InChI=1S/C16H13NO6S2/c1-9-10(8-25(2,21)22)7-13(24-9)16(20)23-17-14(18)11-5-3-4-6-12(11)15(17)19/h3-7H,8H2,1-2H3. The van der Waals surface area contributed by atoms with Gasteiger partial charge in [0.2, 0.25) is 0 Å². The van der Waals surface area contributed by atoms with Gasteiger partial charge in [0.15, 0.2) is 9.84 Å². The van der Waals surface area contributed by atoms with Crippen LogP contribution in [0.4, 0.5) is 0 Å². The Morgan fingerprint density at radius 3 is 2.24 bits per heavy atom. The lowest BCUT2D eigenvalue weighted by Crippen LogP contribution is -2.32. The van der Waals surface area contributed by atoms with E-state index in [1.807, 2.05) is 0 Å². The molecule has 0 bridgehead atoms. The molecule has 0 saturated carbocycles. The summed E-state index contributed by atoms with van der Waals surface area (Å²) in [5, 5.41) is 0.429. The topological polar surface area (TPSA) is 97.8 Å². The molecule has 130 valence electrons. The Labute approximate surface area is 147 Å². The Hall–Kier alpha value is -2.52. The molecule has 0 aliphatic carbocycles. The molecule has 0 saturated heterocycles. The van der Waals surface area contributed by atoms with E-state index in [0.29, 0.717) is 15.5 Å². The molecular formula is C16H13NO6S2. The molecule has 0 radical (unpaired) electrons. The summed E-state index contributed by atoms with van der Waals surface area (Å²) in [5.41, 5.74) is 0.822. The van der Waals surface area contributed by atoms with Crippen LogP contribution in [0.2, 0.25) is 0 Å². The van der Waals surface area contributed by atoms with Gasteiger partial charge in [0, 0.05) is 11.1 Å². The molecule has 3 rings (SSSR count). The van der Waals surface area contributed by atoms with E-state index in [2.05, 4.69) is 0 Å². The summed E-state index contributed by atoms with van der Waals surface area (Å²) in [6, 6.07) is 7.57. The average Bonchev–Trinajstić information content (AvgIpc) is 3.00. The summed E-state index contributed by atoms with van der Waals surface area (Å²) in [7, 11) is -3.25. The number of imide groups is 1. The Balaban J connectivity index is 1.81. The molecule has 7 nitrogen and oxygen atoms in total. The first-order chi connectivity index (χ1) is 11.7. The normalized spacial score (nSPS) is 13.9. The van der Waals surface area contributed by atoms with Crippen molar-refractivity contribution in [2.24, 2.45) is 0 Å². The van der Waals surface area contributed by atoms with Gasteiger partial charge in [-0.05, 0) is 30.7 Å². The van der Waals surface area contributed by atoms with Gasteiger partial charge in [-0.1, -0.05) is 17.2 Å². The van der Waals surface area contributed by atoms with Crippen LogP contribution in [0.25, 0.3) is 0 Å². The minimum Gasteiger partial charge on any atom is -0.323 e. The zero-order chi connectivity index (χ0) is 18.4. The number of rotatable bonds is 4. The Morgan fingerprint density at radius 1 is 1.16 bits per heavy atom. The van der Waals surface area contributed by atoms with Gasteiger partial charge in [-0.15, -0.1) is 11.3 Å². The third-order valence-electron chi connectivity index (χ3n) is 3.57. The molecule has 2 amide bonds. The highest BCUT2D eigenvalue weighted by Gasteiger charge is 2.39. The second-order valence-electron chi connectivity index (χ2n) is 5.59. The molecule has 0 spiro atoms. The van der Waals surface area contributed by atoms with Gasteiger partial charge < -0.3 is 4.84 Å². The molecule has 1 aliphatic rings. The zero-order valence-corrected chi connectivity index (χ0v) is 14.9. The fourth-order valence-corrected chi connectivity index (χ4v) is 4.29. The summed E-state index contributed by atoms with van der Waals surface area (Å²) < 4.78 is 22.8. The van der Waals surface area contributed by atoms with Gasteiger partial charge in [0.1, 0.15) is 4.88 Å². The SMILES string of the molecule is Cc1sc(C(=O)ON2C(=O)c3ccccc3C2=O)cc1CS(C)(=O)=O. The van der Waals surface area contributed by atoms with Gasteiger partial charge in [-0.2, -0.15) is 0 Å². The first-order valence-corrected chi connectivity index (χ1v) is 10.0. The van der Waals surface area contributed by atoms with Gasteiger partial charge in [0.25, 0.3) is 11.8 Å². The summed E-state index contributed by atoms with van der Waals surface area (Å²) >= 11 is 1.04. The molecule has 1 aliphatic heterocycles. The first kappa shape index (κ1) is 17.3. The van der Waals surface area contributed by atoms with Crippen molar-refractivity contribution in [3.8, 4) is 0 Å². The number of amides is 2. The fourth-order valence-electron chi connectivity index (χ4n) is 2.42. The number of hydrogen-bond acceptors (Lipinski definition) is 7. The van der Waals surface area contributed by atoms with E-state index in [1.165, 1.54) is 18.2 Å². The number of hydroxylamine groups is 2. The minimum atomic E-state index is -3.25. The number of benzene rings is 1. The van der Waals surface area contributed by atoms with Crippen LogP contribution in [0.3, 0.4) is 0 Å². The number of sulfone groups is 1. The van der Waals surface area contributed by atoms with Crippen molar-refractivity contribution in [1.29, 1.82) is 0 Å². The van der Waals surface area contributed by atoms with Crippen molar-refractivity contribution < 1.29 is 27.6 Å². The fraction of sp³-hybridized carbons (Fsp3) is 0.188. The number of carbonyl (C=O) groups excluding carboxylic acids is 3. The number of nitrogens with zero attached hydrogens (tertiary/aromatic N) is 1. The van der Waals surface area contributed by atoms with Crippen molar-refractivity contribution in [2.45, 2.75) is 12.7 Å². The molecule has 0 fully saturated rings. The second-order valence-corrected chi connectivity index (χ2v) is 8.99. The predicted octanol–water partition coefficient (Wildman–Crippen LogP) is 1.97. The van der Waals surface area contributed by atoms with E-state index in [0.717, 1.165) is 17.6 Å². The number of hydrogen-bond donors (Lipinski definition) is 0. The number of thiophene rings is 1. The third kappa shape index (κ3) is 3.33. The van der Waals surface area contributed by atoms with Crippen molar-refractivity contribution in [1.82, 2.24) is 5.06 Å². The van der Waals surface area contributed by atoms with Crippen molar-refractivity contribution >= 4 is 39.0 Å². The Morgan fingerprint density at radius 2 is 1.72 bits per heavy atom. The molecule has 25 heavy (non-hydrogen) atoms. The van der Waals surface area contributed by atoms with E-state index in [-0.39, 0.29) is 21.8 Å². The Bertz CT molecular complexity index is 970. The van der Waals surface area contributed by atoms with Crippen LogP contribution in [0, 0.1) is 6.92 Å². The minimum absolute atomic E-state index is 0.118. The lowest BCUT2D eigenvalue weighted by atomic mass is 10.1. The van der Waals surface area contributed by atoms with Crippen molar-refractivity contribution in [2.75, 3.05) is 6.26 Å². The smallest absolute Gasteiger partial charge is 0.323 e. The lowest BCUT2D eigenvalue weighted by molar-refractivity contribution is -0.0581. The molecule has 0 atom stereocenters. The molecular weight excluding hydrogens is 366 g/mol. The third-order valence-corrected chi connectivity index (χ3v) is 5.48. The van der Waals surface area contributed by atoms with E-state index in [4.69, 9.17) is 4.84 Å². The van der Waals surface area contributed by atoms with Crippen molar-refractivity contribution in [3.05, 3.63) is 56.8 Å². The van der Waals surface area contributed by atoms with Crippen LogP contribution in [0.1, 0.15) is 40.8 Å². The number of fused-ring (bicyclic) bond motifs is 1. The predicted molar refractivity (Wildman–Crippen MR) is 90.0 cm³/mol. The summed E-state index contributed by atoms with van der Waals surface area (Å²) in [4.78, 5) is 42.4. The van der Waals surface area contributed by atoms with E-state index < -0.39 is 27.6 Å². The zero-order valence-electron chi connectivity index (χ0n) is 13.3. The monoisotopic (exact) mass is 379 g/mol. The maximum atomic E-state index is 12.3. The Kier molecular flexibility index (Phi) is 4.21. The molecule has 1 aromatic heterocycles. The van der Waals surface area contributed by atoms with Gasteiger partial charge in [-0.25, -0.2) is 13.2 Å². The van der Waals surface area contributed by atoms with Crippen molar-refractivity contribution in [3.63, 3.8) is 0 Å². The van der Waals surface area contributed by atoms with E-state index in [1.54, 1.807) is 19.1 Å². The molecule has 2 aromatic rings. The summed E-state index contributed by atoms with van der Waals surface area (Å²) in [5.74, 6) is -2.50. The van der Waals surface area contributed by atoms with Crippen LogP contribution in [-0.4, -0.2) is 37.5 Å². The molecule has 1 aromatic carbocycles. The van der Waals surface area contributed by atoms with Crippen LogP contribution >= 0.6 is 11.3 Å². The lowest BCUT2D eigenvalue weighted by Gasteiger charge is -2.11. The van der Waals surface area contributed by atoms with Crippen LogP contribution in [-0.2, 0) is 20.4 Å². The maximum absolute atomic E-state index is 12.3. The highest BCUT2D eigenvalue weighted by atomic mass is 32.2. The van der Waals surface area contributed by atoms with Gasteiger partial charge in [0.05, 0.1) is 16.9 Å². The van der Waals surface area contributed by atoms with Crippen LogP contribution < -0.4 is 0 Å². The number of aryl methyl sites for hydroxylation is 1. The van der Waals surface area contributed by atoms with E-state index in [9.17, 15) is 22.8 Å². The summed E-state index contributed by atoms with van der Waals surface area (Å²) in [6.45, 7) is 1.68. The highest BCUT2D eigenvalue weighted by molar-refractivity contribution is 7.89. The van der Waals surface area contributed by atoms with Gasteiger partial charge >= 0.3 is 5.97 Å². The average molecular weight is 379 g/mol. The molecule has 9 heteroatoms. The van der Waals surface area contributed by atoms with Gasteiger partial charge in [-0.3, -0.25) is 9.59 Å². The summed E-state index contributed by atoms with van der Waals surface area (Å²) in [6.07, 6.45) is 1.10. The molecule has 0 N–H and O–H groups in total. The van der Waals surface area contributed by atoms with E-state index >= 15 is 0 Å². The van der Waals surface area contributed by atoms with Crippen LogP contribution in [0.5, 0.6) is 0 Å². The number of carbonyl (C=O) groups is 3. The molecule has 2 heterocycles. The quantitative estimate of drug-likeness (QED) is 0.754. The first-order valence-electron chi connectivity index (χ1n) is 7.14. The largest absolute Gasteiger partial charge is 0.373 e.